The van der Waals surface area contributed by atoms with Gasteiger partial charge in [0.05, 0.1) is 12.4 Å². The summed E-state index contributed by atoms with van der Waals surface area (Å²) in [6, 6.07) is 2.47. The topological polar surface area (TPSA) is 191 Å². The van der Waals surface area contributed by atoms with Crippen molar-refractivity contribution in [3.63, 3.8) is 0 Å². The Labute approximate surface area is 214 Å². The number of aliphatic carboxylic acids is 1. The van der Waals surface area contributed by atoms with Crippen LogP contribution in [0.2, 0.25) is 0 Å². The van der Waals surface area contributed by atoms with Crippen LogP contribution in [0.5, 0.6) is 5.75 Å². The fraction of sp³-hybridized carbons (Fsp3) is 0.480. The molecule has 4 atom stereocenters. The van der Waals surface area contributed by atoms with Gasteiger partial charge in [-0.05, 0) is 42.9 Å². The Bertz CT molecular complexity index is 1090. The van der Waals surface area contributed by atoms with Gasteiger partial charge in [-0.2, -0.15) is 0 Å². The number of nitrogens with one attached hydrogen (secondary N) is 3. The van der Waals surface area contributed by atoms with Gasteiger partial charge in [-0.25, -0.2) is 9.78 Å². The van der Waals surface area contributed by atoms with Crippen LogP contribution in [-0.4, -0.2) is 79.5 Å². The van der Waals surface area contributed by atoms with Crippen molar-refractivity contribution in [2.45, 2.75) is 63.7 Å². The summed E-state index contributed by atoms with van der Waals surface area (Å²) in [7, 11) is 0. The molecule has 1 aromatic heterocycles. The van der Waals surface area contributed by atoms with Gasteiger partial charge in [-0.3, -0.25) is 14.4 Å². The predicted molar refractivity (Wildman–Crippen MR) is 133 cm³/mol. The number of aromatic hydroxyl groups is 1. The summed E-state index contributed by atoms with van der Waals surface area (Å²) >= 11 is 0. The maximum atomic E-state index is 13.5. The number of likely N-dealkylation sites (tertiary alicyclic amines) is 1. The zero-order valence-corrected chi connectivity index (χ0v) is 20.9. The Hall–Kier alpha value is -3.93. The predicted octanol–water partition coefficient (Wildman–Crippen LogP) is -0.0710. The van der Waals surface area contributed by atoms with Gasteiger partial charge in [-0.15, -0.1) is 0 Å². The number of amides is 3. The van der Waals surface area contributed by atoms with Gasteiger partial charge in [0.1, 0.15) is 23.9 Å². The van der Waals surface area contributed by atoms with Crippen LogP contribution in [0.4, 0.5) is 0 Å². The largest absolute Gasteiger partial charge is 0.508 e. The van der Waals surface area contributed by atoms with Crippen LogP contribution < -0.4 is 16.4 Å². The van der Waals surface area contributed by atoms with Crippen molar-refractivity contribution in [2.75, 3.05) is 6.54 Å². The lowest BCUT2D eigenvalue weighted by Gasteiger charge is -2.31. The van der Waals surface area contributed by atoms with Crippen molar-refractivity contribution in [1.29, 1.82) is 0 Å². The number of rotatable bonds is 11. The van der Waals surface area contributed by atoms with E-state index in [0.29, 0.717) is 25.1 Å². The average Bonchev–Trinajstić information content (AvgIpc) is 3.55. The molecule has 200 valence electrons. The highest BCUT2D eigenvalue weighted by Gasteiger charge is 2.40. The Kier molecular flexibility index (Phi) is 9.23. The minimum absolute atomic E-state index is 0.0192. The molecule has 12 nitrogen and oxygen atoms in total. The number of phenols is 1. The number of nitrogens with two attached hydrogens (primary N) is 1. The molecule has 7 N–H and O–H groups in total. The van der Waals surface area contributed by atoms with Crippen LogP contribution in [0.1, 0.15) is 37.9 Å². The third-order valence-corrected chi connectivity index (χ3v) is 6.39. The van der Waals surface area contributed by atoms with Gasteiger partial charge in [-0.1, -0.05) is 26.0 Å². The van der Waals surface area contributed by atoms with E-state index in [-0.39, 0.29) is 24.5 Å². The number of nitrogens with zero attached hydrogens (tertiary/aromatic N) is 2. The van der Waals surface area contributed by atoms with E-state index in [1.807, 2.05) is 0 Å². The third kappa shape index (κ3) is 7.29. The normalized spacial score (nSPS) is 17.7. The number of carboxylic acid groups (broad SMARTS) is 1. The van der Waals surface area contributed by atoms with Gasteiger partial charge < -0.3 is 36.5 Å². The number of hydrogen-bond donors (Lipinski definition) is 6. The van der Waals surface area contributed by atoms with Gasteiger partial charge >= 0.3 is 5.97 Å². The number of carboxylic acids is 1. The summed E-state index contributed by atoms with van der Waals surface area (Å²) in [5.74, 6) is -2.87. The molecule has 2 heterocycles. The highest BCUT2D eigenvalue weighted by molar-refractivity contribution is 5.94. The Morgan fingerprint density at radius 1 is 1.16 bits per heavy atom. The molecule has 2 aromatic rings. The average molecular weight is 515 g/mol. The first-order valence-electron chi connectivity index (χ1n) is 12.2. The standard InChI is InChI=1S/C25H34N6O6/c1-14(2)21(30-22(33)18(26)10-15-5-7-17(32)8-6-15)24(35)31-9-3-4-20(31)23(34)29-19(25(36)37)11-16-12-27-13-28-16/h5-8,12-14,18-21,32H,3-4,9-11,26H2,1-2H3,(H,27,28)(H,29,34)(H,30,33)(H,36,37). The molecule has 1 aliphatic rings. The van der Waals surface area contributed by atoms with Gasteiger partial charge in [0, 0.05) is 24.9 Å². The quantitative estimate of drug-likeness (QED) is 0.240. The van der Waals surface area contributed by atoms with Gasteiger partial charge in [0.15, 0.2) is 0 Å². The van der Waals surface area contributed by atoms with Crippen LogP contribution in [0.3, 0.4) is 0 Å². The number of carbonyl (C=O) groups is 4. The molecule has 3 rings (SSSR count). The smallest absolute Gasteiger partial charge is 0.326 e. The van der Waals surface area contributed by atoms with Crippen LogP contribution in [0.15, 0.2) is 36.8 Å². The van der Waals surface area contributed by atoms with E-state index >= 15 is 0 Å². The zero-order chi connectivity index (χ0) is 27.1. The van der Waals surface area contributed by atoms with E-state index < -0.39 is 47.9 Å². The van der Waals surface area contributed by atoms with Crippen LogP contribution >= 0.6 is 0 Å². The second-order valence-electron chi connectivity index (χ2n) is 9.58. The number of carbonyl (C=O) groups excluding carboxylic acids is 3. The zero-order valence-electron chi connectivity index (χ0n) is 20.9. The summed E-state index contributed by atoms with van der Waals surface area (Å²) in [6.45, 7) is 3.88. The van der Waals surface area contributed by atoms with E-state index in [1.165, 1.54) is 29.6 Å². The van der Waals surface area contributed by atoms with E-state index in [0.717, 1.165) is 5.56 Å². The first-order valence-corrected chi connectivity index (χ1v) is 12.2. The molecule has 0 spiro atoms. The second kappa shape index (κ2) is 12.3. The summed E-state index contributed by atoms with van der Waals surface area (Å²) in [5.41, 5.74) is 7.39. The number of imidazole rings is 1. The minimum Gasteiger partial charge on any atom is -0.508 e. The van der Waals surface area contributed by atoms with Crippen molar-refractivity contribution in [2.24, 2.45) is 11.7 Å². The van der Waals surface area contributed by atoms with Gasteiger partial charge in [0.25, 0.3) is 0 Å². The maximum Gasteiger partial charge on any atom is 0.326 e. The fourth-order valence-electron chi connectivity index (χ4n) is 4.32. The van der Waals surface area contributed by atoms with Crippen molar-refractivity contribution < 1.29 is 29.4 Å². The maximum absolute atomic E-state index is 13.5. The summed E-state index contributed by atoms with van der Waals surface area (Å²) < 4.78 is 0. The van der Waals surface area contributed by atoms with Crippen molar-refractivity contribution in [3.05, 3.63) is 48.0 Å². The molecule has 4 unspecified atom stereocenters. The molecular weight excluding hydrogens is 480 g/mol. The summed E-state index contributed by atoms with van der Waals surface area (Å²) in [5, 5.41) is 24.3. The molecule has 0 radical (unpaired) electrons. The molecule has 1 aliphatic heterocycles. The Balaban J connectivity index is 1.65. The molecule has 0 saturated carbocycles. The fourth-order valence-corrected chi connectivity index (χ4v) is 4.32. The number of phenolic OH excluding ortho intramolecular Hbond substituents is 1. The lowest BCUT2D eigenvalue weighted by Crippen LogP contribution is -2.58. The highest BCUT2D eigenvalue weighted by atomic mass is 16.4. The molecular formula is C25H34N6O6. The lowest BCUT2D eigenvalue weighted by molar-refractivity contribution is -0.145. The molecule has 3 amide bonds. The Morgan fingerprint density at radius 2 is 1.86 bits per heavy atom. The number of H-pyrrole nitrogens is 1. The molecule has 1 fully saturated rings. The summed E-state index contributed by atoms with van der Waals surface area (Å²) in [6.07, 6.45) is 4.09. The van der Waals surface area contributed by atoms with Gasteiger partial charge in [0.2, 0.25) is 17.7 Å². The molecule has 0 aliphatic carbocycles. The van der Waals surface area contributed by atoms with E-state index in [9.17, 15) is 29.4 Å². The van der Waals surface area contributed by atoms with Crippen LogP contribution in [0, 0.1) is 5.92 Å². The van der Waals surface area contributed by atoms with Crippen LogP contribution in [0.25, 0.3) is 0 Å². The van der Waals surface area contributed by atoms with Crippen molar-refractivity contribution >= 4 is 23.7 Å². The molecule has 1 aromatic carbocycles. The number of aromatic nitrogens is 2. The second-order valence-corrected chi connectivity index (χ2v) is 9.58. The molecule has 12 heteroatoms. The summed E-state index contributed by atoms with van der Waals surface area (Å²) in [4.78, 5) is 59.1. The minimum atomic E-state index is -1.20. The SMILES string of the molecule is CC(C)C(NC(=O)C(N)Cc1ccc(O)cc1)C(=O)N1CCCC1C(=O)NC(Cc1cnc[nH]1)C(=O)O. The van der Waals surface area contributed by atoms with Crippen molar-refractivity contribution in [1.82, 2.24) is 25.5 Å². The number of aromatic amines is 1. The van der Waals surface area contributed by atoms with E-state index in [2.05, 4.69) is 20.6 Å². The van der Waals surface area contributed by atoms with E-state index in [4.69, 9.17) is 5.73 Å². The molecule has 1 saturated heterocycles. The Morgan fingerprint density at radius 3 is 2.46 bits per heavy atom. The molecule has 37 heavy (non-hydrogen) atoms. The monoisotopic (exact) mass is 514 g/mol. The first-order chi connectivity index (χ1) is 17.6. The number of hydrogen-bond acceptors (Lipinski definition) is 7. The first kappa shape index (κ1) is 27.7. The molecule has 0 bridgehead atoms. The number of benzene rings is 1. The van der Waals surface area contributed by atoms with Crippen molar-refractivity contribution in [3.8, 4) is 5.75 Å². The van der Waals surface area contributed by atoms with E-state index in [1.54, 1.807) is 26.0 Å². The third-order valence-electron chi connectivity index (χ3n) is 6.39. The lowest BCUT2D eigenvalue weighted by atomic mass is 10.00. The van der Waals surface area contributed by atoms with Crippen LogP contribution in [-0.2, 0) is 32.0 Å². The highest BCUT2D eigenvalue weighted by Crippen LogP contribution is 2.21.